The number of benzene rings is 2. The highest BCUT2D eigenvalue weighted by molar-refractivity contribution is 7.89. The Hall–Kier alpha value is -3.26. The number of aromatic nitrogens is 1. The molecule has 0 spiro atoms. The second-order valence-corrected chi connectivity index (χ2v) is 9.13. The molecule has 8 heteroatoms. The number of carbonyl (C=O) groups is 1. The Balaban J connectivity index is 1.80. The van der Waals surface area contributed by atoms with E-state index in [4.69, 9.17) is 9.47 Å². The van der Waals surface area contributed by atoms with Gasteiger partial charge in [-0.1, -0.05) is 25.1 Å². The fourth-order valence-electron chi connectivity index (χ4n) is 3.68. The quantitative estimate of drug-likeness (QED) is 0.590. The van der Waals surface area contributed by atoms with Gasteiger partial charge in [-0.05, 0) is 48.7 Å². The number of methoxy groups -OCH3 is 1. The van der Waals surface area contributed by atoms with Crippen LogP contribution in [-0.4, -0.2) is 43.9 Å². The molecule has 0 amide bonds. The summed E-state index contributed by atoms with van der Waals surface area (Å²) in [6.07, 6.45) is 2.51. The molecule has 7 nitrogen and oxygen atoms in total. The molecule has 0 bridgehead atoms. The van der Waals surface area contributed by atoms with Gasteiger partial charge in [0.25, 0.3) is 10.0 Å². The van der Waals surface area contributed by atoms with Crippen molar-refractivity contribution < 1.29 is 22.7 Å². The molecule has 0 fully saturated rings. The van der Waals surface area contributed by atoms with Crippen LogP contribution in [0.1, 0.15) is 24.6 Å². The number of esters is 1. The van der Waals surface area contributed by atoms with Gasteiger partial charge in [-0.25, -0.2) is 13.2 Å². The van der Waals surface area contributed by atoms with Gasteiger partial charge in [-0.15, -0.1) is 0 Å². The Morgan fingerprint density at radius 1 is 1.13 bits per heavy atom. The lowest BCUT2D eigenvalue weighted by Gasteiger charge is -2.20. The SMILES string of the molecule is CCCOC(=O)C1=CN(S(=O)(=O)c2ccc(OC)cc2)CCc2c1[nH]c1ccccc21. The molecule has 0 unspecified atom stereocenters. The number of hydrogen-bond donors (Lipinski definition) is 1. The summed E-state index contributed by atoms with van der Waals surface area (Å²) in [6.45, 7) is 2.37. The molecule has 0 atom stereocenters. The van der Waals surface area contributed by atoms with E-state index in [-0.39, 0.29) is 23.6 Å². The highest BCUT2D eigenvalue weighted by atomic mass is 32.2. The number of sulfonamides is 1. The minimum Gasteiger partial charge on any atom is -0.497 e. The van der Waals surface area contributed by atoms with Gasteiger partial charge in [-0.3, -0.25) is 4.31 Å². The zero-order chi connectivity index (χ0) is 22.0. The van der Waals surface area contributed by atoms with Gasteiger partial charge in [-0.2, -0.15) is 0 Å². The summed E-state index contributed by atoms with van der Waals surface area (Å²) < 4.78 is 38.4. The summed E-state index contributed by atoms with van der Waals surface area (Å²) in [5.74, 6) is 0.0159. The molecule has 0 radical (unpaired) electrons. The van der Waals surface area contributed by atoms with Gasteiger partial charge in [0.15, 0.2) is 0 Å². The van der Waals surface area contributed by atoms with Gasteiger partial charge in [0.05, 0.1) is 24.3 Å². The van der Waals surface area contributed by atoms with E-state index in [2.05, 4.69) is 4.98 Å². The number of para-hydroxylation sites is 1. The summed E-state index contributed by atoms with van der Waals surface area (Å²) in [5.41, 5.74) is 2.61. The highest BCUT2D eigenvalue weighted by Crippen LogP contribution is 2.33. The van der Waals surface area contributed by atoms with E-state index in [9.17, 15) is 13.2 Å². The molecule has 1 N–H and O–H groups in total. The summed E-state index contributed by atoms with van der Waals surface area (Å²) >= 11 is 0. The largest absolute Gasteiger partial charge is 0.497 e. The standard InChI is InChI=1S/C23H24N2O5S/c1-3-14-30-23(26)20-15-25(31(27,28)17-10-8-16(29-2)9-11-17)13-12-19-18-6-4-5-7-21(18)24-22(19)20/h4-11,15,24H,3,12-14H2,1-2H3. The van der Waals surface area contributed by atoms with Crippen molar-refractivity contribution in [3.8, 4) is 5.75 Å². The van der Waals surface area contributed by atoms with Gasteiger partial charge in [0.2, 0.25) is 0 Å². The Kier molecular flexibility index (Phi) is 5.73. The highest BCUT2D eigenvalue weighted by Gasteiger charge is 2.30. The van der Waals surface area contributed by atoms with Crippen LogP contribution in [0.5, 0.6) is 5.75 Å². The molecular formula is C23H24N2O5S. The summed E-state index contributed by atoms with van der Waals surface area (Å²) in [7, 11) is -2.35. The van der Waals surface area contributed by atoms with Gasteiger partial charge >= 0.3 is 5.97 Å². The molecule has 0 aliphatic carbocycles. The number of nitrogens with one attached hydrogen (secondary N) is 1. The first-order chi connectivity index (χ1) is 15.0. The van der Waals surface area contributed by atoms with E-state index >= 15 is 0 Å². The summed E-state index contributed by atoms with van der Waals surface area (Å²) in [6, 6.07) is 13.9. The number of ether oxygens (including phenoxy) is 2. The first kappa shape index (κ1) is 21.0. The Bertz CT molecular complexity index is 1240. The van der Waals surface area contributed by atoms with E-state index < -0.39 is 16.0 Å². The van der Waals surface area contributed by atoms with Crippen molar-refractivity contribution in [2.45, 2.75) is 24.7 Å². The molecule has 1 aliphatic heterocycles. The number of nitrogens with zero attached hydrogens (tertiary/aromatic N) is 1. The molecular weight excluding hydrogens is 416 g/mol. The molecule has 2 heterocycles. The van der Waals surface area contributed by atoms with Crippen LogP contribution in [0.4, 0.5) is 0 Å². The van der Waals surface area contributed by atoms with Crippen molar-refractivity contribution in [3.05, 3.63) is 66.0 Å². The van der Waals surface area contributed by atoms with E-state index in [1.54, 1.807) is 12.1 Å². The summed E-state index contributed by atoms with van der Waals surface area (Å²) in [4.78, 5) is 16.3. The first-order valence-corrected chi connectivity index (χ1v) is 11.5. The van der Waals surface area contributed by atoms with Crippen LogP contribution >= 0.6 is 0 Å². The van der Waals surface area contributed by atoms with Crippen LogP contribution in [0.15, 0.2) is 59.6 Å². The molecule has 0 saturated heterocycles. The second kappa shape index (κ2) is 8.47. The van der Waals surface area contributed by atoms with Crippen molar-refractivity contribution >= 4 is 32.5 Å². The van der Waals surface area contributed by atoms with Crippen LogP contribution in [0.2, 0.25) is 0 Å². The molecule has 1 aliphatic rings. The Morgan fingerprint density at radius 2 is 1.87 bits per heavy atom. The predicted molar refractivity (Wildman–Crippen MR) is 118 cm³/mol. The monoisotopic (exact) mass is 440 g/mol. The maximum atomic E-state index is 13.3. The van der Waals surface area contributed by atoms with Crippen molar-refractivity contribution in [3.63, 3.8) is 0 Å². The van der Waals surface area contributed by atoms with Crippen LogP contribution in [0.25, 0.3) is 16.5 Å². The molecule has 3 aromatic rings. The zero-order valence-corrected chi connectivity index (χ0v) is 18.2. The van der Waals surface area contributed by atoms with E-state index in [0.717, 1.165) is 16.5 Å². The average molecular weight is 441 g/mol. The third-order valence-corrected chi connectivity index (χ3v) is 7.03. The molecule has 162 valence electrons. The lowest BCUT2D eigenvalue weighted by molar-refractivity contribution is -0.136. The number of carbonyl (C=O) groups excluding carboxylic acids is 1. The van der Waals surface area contributed by atoms with Crippen molar-refractivity contribution in [2.24, 2.45) is 0 Å². The zero-order valence-electron chi connectivity index (χ0n) is 17.4. The molecule has 2 aromatic carbocycles. The Labute approximate surface area is 181 Å². The topological polar surface area (TPSA) is 88.7 Å². The van der Waals surface area contributed by atoms with Crippen LogP contribution in [0.3, 0.4) is 0 Å². The van der Waals surface area contributed by atoms with Crippen molar-refractivity contribution in [1.29, 1.82) is 0 Å². The second-order valence-electron chi connectivity index (χ2n) is 7.24. The third kappa shape index (κ3) is 3.90. The maximum Gasteiger partial charge on any atom is 0.341 e. The van der Waals surface area contributed by atoms with Crippen LogP contribution in [-0.2, 0) is 26.0 Å². The fourth-order valence-corrected chi connectivity index (χ4v) is 5.01. The molecule has 4 rings (SSSR count). The number of rotatable bonds is 6. The minimum absolute atomic E-state index is 0.126. The van der Waals surface area contributed by atoms with Gasteiger partial charge in [0.1, 0.15) is 11.3 Å². The van der Waals surface area contributed by atoms with E-state index in [1.165, 1.54) is 29.7 Å². The number of aromatic amines is 1. The fraction of sp³-hybridized carbons (Fsp3) is 0.261. The van der Waals surface area contributed by atoms with Crippen molar-refractivity contribution in [1.82, 2.24) is 9.29 Å². The third-order valence-electron chi connectivity index (χ3n) is 5.26. The number of fused-ring (bicyclic) bond motifs is 3. The smallest absolute Gasteiger partial charge is 0.341 e. The molecule has 0 saturated carbocycles. The van der Waals surface area contributed by atoms with E-state index in [0.29, 0.717) is 24.3 Å². The first-order valence-electron chi connectivity index (χ1n) is 10.1. The normalized spacial score (nSPS) is 14.0. The molecule has 31 heavy (non-hydrogen) atoms. The van der Waals surface area contributed by atoms with E-state index in [1.807, 2.05) is 31.2 Å². The lowest BCUT2D eigenvalue weighted by Crippen LogP contribution is -2.28. The van der Waals surface area contributed by atoms with Crippen LogP contribution in [0, 0.1) is 0 Å². The Morgan fingerprint density at radius 3 is 2.58 bits per heavy atom. The predicted octanol–water partition coefficient (Wildman–Crippen LogP) is 3.72. The lowest BCUT2D eigenvalue weighted by atomic mass is 10.0. The average Bonchev–Trinajstić information content (AvgIpc) is 3.04. The summed E-state index contributed by atoms with van der Waals surface area (Å²) in [5, 5.41) is 0.968. The van der Waals surface area contributed by atoms with Crippen molar-refractivity contribution in [2.75, 3.05) is 20.3 Å². The molecule has 1 aromatic heterocycles. The minimum atomic E-state index is -3.87. The number of H-pyrrole nitrogens is 1. The number of hydrogen-bond acceptors (Lipinski definition) is 5. The van der Waals surface area contributed by atoms with Crippen LogP contribution < -0.4 is 4.74 Å². The van der Waals surface area contributed by atoms with Gasteiger partial charge in [0, 0.05) is 23.6 Å². The van der Waals surface area contributed by atoms with Gasteiger partial charge < -0.3 is 14.5 Å². The maximum absolute atomic E-state index is 13.3.